The van der Waals surface area contributed by atoms with Crippen LogP contribution in [0.5, 0.6) is 5.75 Å². The third-order valence-corrected chi connectivity index (χ3v) is 5.68. The lowest BCUT2D eigenvalue weighted by atomic mass is 9.76. The van der Waals surface area contributed by atoms with Crippen LogP contribution in [0, 0.1) is 5.41 Å². The standard InChI is InChI=1S/C19H25F2N3O3/c20-17(21)27-16-5-2-1-4-15(16)23-8-6-14(10-23)22-18(25)24-11-19(12-24)7-3-9-26-13-19/h1-2,4-5,14,17H,3,6-13H2,(H,22,25). The van der Waals surface area contributed by atoms with Gasteiger partial charge in [-0.2, -0.15) is 8.78 Å². The number of alkyl halides is 2. The van der Waals surface area contributed by atoms with Crippen molar-refractivity contribution in [2.45, 2.75) is 31.9 Å². The van der Waals surface area contributed by atoms with Crippen molar-refractivity contribution in [3.63, 3.8) is 0 Å². The van der Waals surface area contributed by atoms with Crippen molar-refractivity contribution in [1.29, 1.82) is 0 Å². The number of urea groups is 1. The minimum absolute atomic E-state index is 0.00346. The number of ether oxygens (including phenoxy) is 2. The Morgan fingerprint density at radius 2 is 2.15 bits per heavy atom. The van der Waals surface area contributed by atoms with Crippen molar-refractivity contribution >= 4 is 11.7 Å². The molecule has 1 atom stereocenters. The van der Waals surface area contributed by atoms with E-state index in [-0.39, 0.29) is 23.2 Å². The summed E-state index contributed by atoms with van der Waals surface area (Å²) in [6.45, 7) is 1.48. The number of carbonyl (C=O) groups is 1. The average Bonchev–Trinajstić information content (AvgIpc) is 3.08. The molecule has 2 amide bonds. The molecule has 27 heavy (non-hydrogen) atoms. The Balaban J connectivity index is 1.30. The predicted octanol–water partition coefficient (Wildman–Crippen LogP) is 2.69. The lowest BCUT2D eigenvalue weighted by Crippen LogP contribution is -2.64. The summed E-state index contributed by atoms with van der Waals surface area (Å²) in [7, 11) is 0. The number of likely N-dealkylation sites (tertiary alicyclic amines) is 1. The Kier molecular flexibility index (Phi) is 5.08. The van der Waals surface area contributed by atoms with Crippen LogP contribution >= 0.6 is 0 Å². The van der Waals surface area contributed by atoms with E-state index in [9.17, 15) is 13.6 Å². The molecule has 1 aromatic carbocycles. The van der Waals surface area contributed by atoms with Gasteiger partial charge in [-0.25, -0.2) is 4.79 Å². The van der Waals surface area contributed by atoms with E-state index in [4.69, 9.17) is 4.74 Å². The minimum Gasteiger partial charge on any atom is -0.433 e. The van der Waals surface area contributed by atoms with E-state index in [1.165, 1.54) is 0 Å². The van der Waals surface area contributed by atoms with Gasteiger partial charge >= 0.3 is 12.6 Å². The first-order valence-corrected chi connectivity index (χ1v) is 9.47. The van der Waals surface area contributed by atoms with Crippen LogP contribution in [0.3, 0.4) is 0 Å². The van der Waals surface area contributed by atoms with Crippen molar-refractivity contribution in [1.82, 2.24) is 10.2 Å². The fraction of sp³-hybridized carbons (Fsp3) is 0.632. The van der Waals surface area contributed by atoms with Crippen LogP contribution in [0.4, 0.5) is 19.3 Å². The summed E-state index contributed by atoms with van der Waals surface area (Å²) in [5.41, 5.74) is 0.792. The van der Waals surface area contributed by atoms with Crippen LogP contribution in [0.15, 0.2) is 24.3 Å². The lowest BCUT2D eigenvalue weighted by Gasteiger charge is -2.51. The number of hydrogen-bond donors (Lipinski definition) is 1. The summed E-state index contributed by atoms with van der Waals surface area (Å²) >= 11 is 0. The van der Waals surface area contributed by atoms with Gasteiger partial charge in [0.1, 0.15) is 5.75 Å². The van der Waals surface area contributed by atoms with Gasteiger partial charge in [0, 0.05) is 44.2 Å². The van der Waals surface area contributed by atoms with E-state index in [1.54, 1.807) is 24.3 Å². The molecule has 1 aromatic rings. The van der Waals surface area contributed by atoms with Crippen LogP contribution in [-0.4, -0.2) is 63.0 Å². The second-order valence-electron chi connectivity index (χ2n) is 7.74. The monoisotopic (exact) mass is 381 g/mol. The molecule has 0 saturated carbocycles. The van der Waals surface area contributed by atoms with Crippen molar-refractivity contribution in [2.75, 3.05) is 44.3 Å². The zero-order valence-electron chi connectivity index (χ0n) is 15.2. The minimum atomic E-state index is -2.85. The number of benzene rings is 1. The molecule has 3 aliphatic rings. The molecule has 3 saturated heterocycles. The molecule has 4 rings (SSSR count). The number of rotatable bonds is 4. The van der Waals surface area contributed by atoms with E-state index in [1.807, 2.05) is 9.80 Å². The van der Waals surface area contributed by atoms with Gasteiger partial charge in [-0.15, -0.1) is 0 Å². The van der Waals surface area contributed by atoms with Gasteiger partial charge in [0.2, 0.25) is 0 Å². The van der Waals surface area contributed by atoms with Crippen LogP contribution < -0.4 is 15.0 Å². The molecule has 6 nitrogen and oxygen atoms in total. The van der Waals surface area contributed by atoms with E-state index in [2.05, 4.69) is 10.1 Å². The van der Waals surface area contributed by atoms with Crippen LogP contribution in [0.1, 0.15) is 19.3 Å². The Labute approximate surface area is 157 Å². The molecule has 8 heteroatoms. The van der Waals surface area contributed by atoms with E-state index < -0.39 is 6.61 Å². The number of carbonyl (C=O) groups excluding carboxylic acids is 1. The first kappa shape index (κ1) is 18.3. The molecule has 0 radical (unpaired) electrons. The zero-order valence-corrected chi connectivity index (χ0v) is 15.2. The van der Waals surface area contributed by atoms with Crippen LogP contribution in [-0.2, 0) is 4.74 Å². The molecule has 0 aromatic heterocycles. The number of nitrogens with zero attached hydrogens (tertiary/aromatic N) is 2. The maximum atomic E-state index is 12.6. The molecule has 3 heterocycles. The van der Waals surface area contributed by atoms with E-state index in [0.29, 0.717) is 18.8 Å². The van der Waals surface area contributed by atoms with Gasteiger partial charge in [0.25, 0.3) is 0 Å². The van der Waals surface area contributed by atoms with E-state index >= 15 is 0 Å². The highest BCUT2D eigenvalue weighted by molar-refractivity contribution is 5.76. The van der Waals surface area contributed by atoms with Crippen molar-refractivity contribution in [3.8, 4) is 5.75 Å². The predicted molar refractivity (Wildman–Crippen MR) is 96.3 cm³/mol. The summed E-state index contributed by atoms with van der Waals surface area (Å²) < 4.78 is 35.4. The van der Waals surface area contributed by atoms with Gasteiger partial charge in [-0.1, -0.05) is 12.1 Å². The number of anilines is 1. The number of halogens is 2. The van der Waals surface area contributed by atoms with E-state index in [0.717, 1.165) is 45.6 Å². The smallest absolute Gasteiger partial charge is 0.387 e. The second-order valence-corrected chi connectivity index (χ2v) is 7.74. The maximum Gasteiger partial charge on any atom is 0.387 e. The highest BCUT2D eigenvalue weighted by Gasteiger charge is 2.46. The normalized spacial score (nSPS) is 24.2. The molecule has 0 aliphatic carbocycles. The second kappa shape index (κ2) is 7.50. The third kappa shape index (κ3) is 3.95. The highest BCUT2D eigenvalue weighted by atomic mass is 19.3. The topological polar surface area (TPSA) is 54.0 Å². The number of para-hydroxylation sites is 2. The molecule has 3 aliphatic heterocycles. The maximum absolute atomic E-state index is 12.6. The van der Waals surface area contributed by atoms with Crippen molar-refractivity contribution < 1.29 is 23.0 Å². The van der Waals surface area contributed by atoms with Gasteiger partial charge in [0.05, 0.1) is 12.3 Å². The fourth-order valence-electron chi connectivity index (χ4n) is 4.34. The summed E-state index contributed by atoms with van der Waals surface area (Å²) in [6.07, 6.45) is 2.96. The molecule has 3 fully saturated rings. The summed E-state index contributed by atoms with van der Waals surface area (Å²) in [4.78, 5) is 16.3. The summed E-state index contributed by atoms with van der Waals surface area (Å²) in [6, 6.07) is 6.73. The van der Waals surface area contributed by atoms with Gasteiger partial charge < -0.3 is 24.6 Å². The quantitative estimate of drug-likeness (QED) is 0.871. The highest BCUT2D eigenvalue weighted by Crippen LogP contribution is 2.38. The lowest BCUT2D eigenvalue weighted by molar-refractivity contribution is -0.0828. The van der Waals surface area contributed by atoms with Gasteiger partial charge in [-0.3, -0.25) is 0 Å². The van der Waals surface area contributed by atoms with Gasteiger partial charge in [0.15, 0.2) is 0 Å². The molecule has 148 valence electrons. The van der Waals surface area contributed by atoms with Crippen molar-refractivity contribution in [2.24, 2.45) is 5.41 Å². The van der Waals surface area contributed by atoms with Crippen LogP contribution in [0.25, 0.3) is 0 Å². The molecule has 1 spiro atoms. The molecular weight excluding hydrogens is 356 g/mol. The summed E-state index contributed by atoms with van der Waals surface area (Å²) in [5.74, 6) is 0.168. The van der Waals surface area contributed by atoms with Crippen LogP contribution in [0.2, 0.25) is 0 Å². The Bertz CT molecular complexity index is 674. The number of hydrogen-bond acceptors (Lipinski definition) is 4. The Morgan fingerprint density at radius 3 is 2.89 bits per heavy atom. The Morgan fingerprint density at radius 1 is 1.33 bits per heavy atom. The van der Waals surface area contributed by atoms with Gasteiger partial charge in [-0.05, 0) is 31.4 Å². The molecule has 1 N–H and O–H groups in total. The average molecular weight is 381 g/mol. The number of nitrogens with one attached hydrogen (secondary N) is 1. The Hall–Kier alpha value is -2.09. The third-order valence-electron chi connectivity index (χ3n) is 5.68. The fourth-order valence-corrected chi connectivity index (χ4v) is 4.34. The molecule has 0 bridgehead atoms. The van der Waals surface area contributed by atoms with Crippen molar-refractivity contribution in [3.05, 3.63) is 24.3 Å². The first-order valence-electron chi connectivity index (χ1n) is 9.47. The largest absolute Gasteiger partial charge is 0.433 e. The molecular formula is C19H25F2N3O3. The first-order chi connectivity index (χ1) is 13.0. The summed E-state index contributed by atoms with van der Waals surface area (Å²) in [5, 5.41) is 3.08. The SMILES string of the molecule is O=C(NC1CCN(c2ccccc2OC(F)F)C1)N1CC2(CCCOC2)C1. The molecule has 1 unspecified atom stereocenters. The zero-order chi connectivity index (χ0) is 18.9. The number of amides is 2.